The molecular weight excluding hydrogens is 260 g/mol. The lowest BCUT2D eigenvalue weighted by Gasteiger charge is -2.09. The van der Waals surface area contributed by atoms with Gasteiger partial charge in [-0.3, -0.25) is 0 Å². The molecular formula is C15H16O5. The summed E-state index contributed by atoms with van der Waals surface area (Å²) in [6.07, 6.45) is 1.08. The smallest absolute Gasteiger partial charge is 0.202 e. The zero-order chi connectivity index (χ0) is 14.7. The maximum atomic E-state index is 9.69. The van der Waals surface area contributed by atoms with Crippen molar-refractivity contribution in [2.45, 2.75) is 12.8 Å². The Bertz CT molecular complexity index is 578. The third kappa shape index (κ3) is 3.06. The molecule has 0 fully saturated rings. The van der Waals surface area contributed by atoms with Gasteiger partial charge >= 0.3 is 0 Å². The Labute approximate surface area is 116 Å². The van der Waals surface area contributed by atoms with Gasteiger partial charge in [-0.1, -0.05) is 0 Å². The van der Waals surface area contributed by atoms with Crippen molar-refractivity contribution in [3.63, 3.8) is 0 Å². The molecule has 0 saturated heterocycles. The first-order valence-electron chi connectivity index (χ1n) is 6.10. The van der Waals surface area contributed by atoms with Gasteiger partial charge in [0, 0.05) is 6.07 Å². The Morgan fingerprint density at radius 3 is 1.65 bits per heavy atom. The number of ether oxygens (including phenoxy) is 1. The molecule has 5 nitrogen and oxygen atoms in total. The predicted molar refractivity (Wildman–Crippen MR) is 73.5 cm³/mol. The highest BCUT2D eigenvalue weighted by atomic mass is 16.5. The van der Waals surface area contributed by atoms with Crippen LogP contribution >= 0.6 is 0 Å². The molecule has 0 aliphatic carbocycles. The number of hydrogen-bond donors (Lipinski definition) is 4. The molecule has 2 aromatic rings. The molecule has 0 atom stereocenters. The molecule has 2 rings (SSSR count). The fourth-order valence-corrected chi connectivity index (χ4v) is 2.10. The van der Waals surface area contributed by atoms with Crippen molar-refractivity contribution in [2.24, 2.45) is 0 Å². The van der Waals surface area contributed by atoms with Gasteiger partial charge in [-0.2, -0.15) is 0 Å². The Morgan fingerprint density at radius 1 is 0.750 bits per heavy atom. The summed E-state index contributed by atoms with van der Waals surface area (Å²) in [6.45, 7) is 0. The van der Waals surface area contributed by atoms with Crippen LogP contribution in [0.5, 0.6) is 28.7 Å². The Kier molecular flexibility index (Phi) is 3.89. The molecule has 2 aromatic carbocycles. The van der Waals surface area contributed by atoms with E-state index in [2.05, 4.69) is 0 Å². The van der Waals surface area contributed by atoms with Gasteiger partial charge in [-0.05, 0) is 48.2 Å². The quantitative estimate of drug-likeness (QED) is 0.688. The molecule has 0 aromatic heterocycles. The van der Waals surface area contributed by atoms with E-state index in [1.165, 1.54) is 25.3 Å². The van der Waals surface area contributed by atoms with Gasteiger partial charge in [0.25, 0.3) is 0 Å². The van der Waals surface area contributed by atoms with Crippen LogP contribution in [0.15, 0.2) is 30.3 Å². The average molecular weight is 276 g/mol. The van der Waals surface area contributed by atoms with Crippen molar-refractivity contribution >= 4 is 0 Å². The van der Waals surface area contributed by atoms with E-state index in [1.807, 2.05) is 0 Å². The molecule has 5 heteroatoms. The highest BCUT2D eigenvalue weighted by Crippen LogP contribution is 2.36. The summed E-state index contributed by atoms with van der Waals surface area (Å²) in [5.74, 6) is -0.202. The number of phenols is 4. The normalized spacial score (nSPS) is 10.4. The minimum Gasteiger partial charge on any atom is -0.508 e. The summed E-state index contributed by atoms with van der Waals surface area (Å²) < 4.78 is 4.86. The van der Waals surface area contributed by atoms with Crippen molar-refractivity contribution in [1.82, 2.24) is 0 Å². The van der Waals surface area contributed by atoms with Crippen LogP contribution in [0.4, 0.5) is 0 Å². The molecule has 20 heavy (non-hydrogen) atoms. The highest BCUT2D eigenvalue weighted by Gasteiger charge is 2.10. The summed E-state index contributed by atoms with van der Waals surface area (Å²) >= 11 is 0. The molecule has 0 aliphatic heterocycles. The van der Waals surface area contributed by atoms with E-state index in [4.69, 9.17) is 4.74 Å². The first-order valence-corrected chi connectivity index (χ1v) is 6.10. The van der Waals surface area contributed by atoms with Crippen LogP contribution in [0, 0.1) is 0 Å². The summed E-state index contributed by atoms with van der Waals surface area (Å²) in [7, 11) is 1.37. The van der Waals surface area contributed by atoms with E-state index in [1.54, 1.807) is 12.1 Å². The lowest BCUT2D eigenvalue weighted by atomic mass is 10.0. The van der Waals surface area contributed by atoms with E-state index in [0.29, 0.717) is 12.8 Å². The molecule has 4 N–H and O–H groups in total. The third-order valence-electron chi connectivity index (χ3n) is 2.98. The number of methoxy groups -OCH3 is 1. The number of benzene rings is 2. The third-order valence-corrected chi connectivity index (χ3v) is 2.98. The lowest BCUT2D eigenvalue weighted by Crippen LogP contribution is -1.93. The fourth-order valence-electron chi connectivity index (χ4n) is 2.10. The molecule has 0 amide bonds. The Morgan fingerprint density at radius 2 is 1.20 bits per heavy atom. The fraction of sp³-hybridized carbons (Fsp3) is 0.200. The largest absolute Gasteiger partial charge is 0.508 e. The van der Waals surface area contributed by atoms with E-state index in [-0.39, 0.29) is 28.7 Å². The van der Waals surface area contributed by atoms with E-state index in [0.717, 1.165) is 11.1 Å². The van der Waals surface area contributed by atoms with E-state index < -0.39 is 0 Å². The molecule has 106 valence electrons. The number of rotatable bonds is 4. The zero-order valence-electron chi connectivity index (χ0n) is 11.0. The van der Waals surface area contributed by atoms with Crippen molar-refractivity contribution in [3.8, 4) is 28.7 Å². The van der Waals surface area contributed by atoms with Gasteiger partial charge in [-0.15, -0.1) is 0 Å². The first-order chi connectivity index (χ1) is 9.49. The predicted octanol–water partition coefficient (Wildman–Crippen LogP) is 2.30. The van der Waals surface area contributed by atoms with Gasteiger partial charge in [-0.25, -0.2) is 0 Å². The van der Waals surface area contributed by atoms with Crippen LogP contribution in [0.3, 0.4) is 0 Å². The number of aromatic hydroxyl groups is 4. The highest BCUT2D eigenvalue weighted by molar-refractivity contribution is 5.52. The first kappa shape index (κ1) is 13.9. The summed E-state index contributed by atoms with van der Waals surface area (Å²) in [5, 5.41) is 38.2. The molecule has 0 radical (unpaired) electrons. The van der Waals surface area contributed by atoms with Crippen molar-refractivity contribution in [3.05, 3.63) is 41.5 Å². The van der Waals surface area contributed by atoms with Crippen LogP contribution < -0.4 is 4.74 Å². The van der Waals surface area contributed by atoms with Gasteiger partial charge in [0.1, 0.15) is 11.5 Å². The number of phenolic OH excluding ortho intramolecular Hbond substituents is 4. The van der Waals surface area contributed by atoms with Crippen LogP contribution in [-0.4, -0.2) is 27.5 Å². The second-order valence-electron chi connectivity index (χ2n) is 4.52. The maximum absolute atomic E-state index is 9.69. The molecule has 0 unspecified atom stereocenters. The second-order valence-corrected chi connectivity index (χ2v) is 4.52. The Balaban J connectivity index is 2.15. The zero-order valence-corrected chi connectivity index (χ0v) is 11.0. The van der Waals surface area contributed by atoms with Crippen molar-refractivity contribution in [1.29, 1.82) is 0 Å². The topological polar surface area (TPSA) is 90.2 Å². The maximum Gasteiger partial charge on any atom is 0.202 e. The molecule has 0 aliphatic rings. The van der Waals surface area contributed by atoms with Crippen LogP contribution in [0.1, 0.15) is 11.1 Å². The number of aryl methyl sites for hydroxylation is 2. The van der Waals surface area contributed by atoms with E-state index in [9.17, 15) is 20.4 Å². The summed E-state index contributed by atoms with van der Waals surface area (Å²) in [5.41, 5.74) is 1.49. The van der Waals surface area contributed by atoms with Crippen molar-refractivity contribution in [2.75, 3.05) is 7.11 Å². The average Bonchev–Trinajstić information content (AvgIpc) is 2.35. The summed E-state index contributed by atoms with van der Waals surface area (Å²) in [6, 6.07) is 7.41. The minimum atomic E-state index is -0.124. The number of hydrogen-bond acceptors (Lipinski definition) is 5. The molecule has 0 spiro atoms. The lowest BCUT2D eigenvalue weighted by molar-refractivity contribution is 0.344. The van der Waals surface area contributed by atoms with Gasteiger partial charge in [0.15, 0.2) is 11.5 Å². The van der Waals surface area contributed by atoms with E-state index >= 15 is 0 Å². The molecule has 0 heterocycles. The van der Waals surface area contributed by atoms with Crippen LogP contribution in [-0.2, 0) is 12.8 Å². The SMILES string of the molecule is COc1c(O)cc(CCc2cc(O)cc(O)c2)cc1O. The van der Waals surface area contributed by atoms with Crippen LogP contribution in [0.2, 0.25) is 0 Å². The molecule has 0 saturated carbocycles. The molecule has 0 bridgehead atoms. The summed E-state index contributed by atoms with van der Waals surface area (Å²) in [4.78, 5) is 0. The second kappa shape index (κ2) is 5.61. The van der Waals surface area contributed by atoms with Gasteiger partial charge in [0.05, 0.1) is 7.11 Å². The standard InChI is InChI=1S/C15H16O5/c1-20-15-13(18)6-10(7-14(15)19)3-2-9-4-11(16)8-12(17)5-9/h4-8,16-19H,2-3H2,1H3. The van der Waals surface area contributed by atoms with Gasteiger partial charge in [0.2, 0.25) is 5.75 Å². The monoisotopic (exact) mass is 276 g/mol. The Hall–Kier alpha value is -2.56. The van der Waals surface area contributed by atoms with Gasteiger partial charge < -0.3 is 25.2 Å². The van der Waals surface area contributed by atoms with Crippen molar-refractivity contribution < 1.29 is 25.2 Å². The minimum absolute atomic E-state index is 0.000394. The van der Waals surface area contributed by atoms with Crippen LogP contribution in [0.25, 0.3) is 0 Å².